The Morgan fingerprint density at radius 1 is 1.32 bits per heavy atom. The zero-order chi connectivity index (χ0) is 17.6. The molecule has 0 saturated heterocycles. The molecule has 1 aromatic carbocycles. The van der Waals surface area contributed by atoms with Gasteiger partial charge in [-0.05, 0) is 37.6 Å². The number of nitrogens with two attached hydrogens (primary N) is 1. The Labute approximate surface area is 148 Å². The van der Waals surface area contributed by atoms with E-state index in [9.17, 15) is 9.59 Å². The fourth-order valence-corrected chi connectivity index (χ4v) is 3.91. The van der Waals surface area contributed by atoms with Crippen molar-refractivity contribution in [2.75, 3.05) is 0 Å². The number of nitrogens with one attached hydrogen (secondary N) is 2. The molecule has 7 heteroatoms. The van der Waals surface area contributed by atoms with Crippen molar-refractivity contribution in [1.29, 1.82) is 0 Å². The van der Waals surface area contributed by atoms with E-state index in [2.05, 4.69) is 15.3 Å². The average molecular weight is 354 g/mol. The summed E-state index contributed by atoms with van der Waals surface area (Å²) in [6, 6.07) is 11.2. The first kappa shape index (κ1) is 15.8. The monoisotopic (exact) mass is 354 g/mol. The van der Waals surface area contributed by atoms with Crippen LogP contribution in [0.1, 0.15) is 45.7 Å². The number of aromatic nitrogens is 2. The zero-order valence-corrected chi connectivity index (χ0v) is 14.5. The molecule has 1 fully saturated rings. The fourth-order valence-electron chi connectivity index (χ4n) is 3.04. The van der Waals surface area contributed by atoms with Crippen LogP contribution in [0.25, 0.3) is 11.0 Å². The Kier molecular flexibility index (Phi) is 3.80. The van der Waals surface area contributed by atoms with Crippen LogP contribution < -0.4 is 11.1 Å². The maximum absolute atomic E-state index is 12.5. The number of nitrogens with zero attached hydrogens (tertiary/aromatic N) is 1. The van der Waals surface area contributed by atoms with Crippen LogP contribution in [0.15, 0.2) is 36.4 Å². The highest BCUT2D eigenvalue weighted by molar-refractivity contribution is 7.14. The molecule has 2 amide bonds. The molecule has 0 spiro atoms. The summed E-state index contributed by atoms with van der Waals surface area (Å²) in [7, 11) is 0. The van der Waals surface area contributed by atoms with Crippen LogP contribution in [-0.2, 0) is 4.79 Å². The van der Waals surface area contributed by atoms with Crippen molar-refractivity contribution in [3.63, 3.8) is 0 Å². The number of thiophene rings is 1. The number of rotatable bonds is 5. The molecule has 0 radical (unpaired) electrons. The van der Waals surface area contributed by atoms with Crippen molar-refractivity contribution in [2.24, 2.45) is 11.7 Å². The molecule has 6 nitrogen and oxygen atoms in total. The van der Waals surface area contributed by atoms with Gasteiger partial charge in [0.1, 0.15) is 5.82 Å². The highest BCUT2D eigenvalue weighted by Gasteiger charge is 2.46. The third-order valence-corrected chi connectivity index (χ3v) is 5.82. The zero-order valence-electron chi connectivity index (χ0n) is 13.7. The van der Waals surface area contributed by atoms with Gasteiger partial charge >= 0.3 is 0 Å². The molecule has 2 heterocycles. The lowest BCUT2D eigenvalue weighted by Gasteiger charge is -2.11. The van der Waals surface area contributed by atoms with E-state index in [0.29, 0.717) is 4.88 Å². The van der Waals surface area contributed by atoms with Gasteiger partial charge in [-0.15, -0.1) is 11.3 Å². The van der Waals surface area contributed by atoms with Crippen LogP contribution in [0, 0.1) is 5.92 Å². The first-order valence-electron chi connectivity index (χ1n) is 8.17. The minimum Gasteiger partial charge on any atom is -0.365 e. The first-order valence-corrected chi connectivity index (χ1v) is 8.99. The minimum atomic E-state index is -0.443. The maximum Gasteiger partial charge on any atom is 0.258 e. The molecule has 3 aromatic rings. The lowest BCUT2D eigenvalue weighted by atomic mass is 10.2. The van der Waals surface area contributed by atoms with Gasteiger partial charge in [-0.25, -0.2) is 4.98 Å². The SMILES string of the molecule is C[C@@H](NC(=O)[C@@H]1C[C@H]1c1nc2ccccc2[nH]1)c1ccc(C(N)=O)s1. The number of fused-ring (bicyclic) bond motifs is 1. The molecule has 1 saturated carbocycles. The summed E-state index contributed by atoms with van der Waals surface area (Å²) in [6.07, 6.45) is 0.801. The van der Waals surface area contributed by atoms with Crippen LogP contribution in [0.2, 0.25) is 0 Å². The molecule has 128 valence electrons. The molecule has 0 unspecified atom stereocenters. The number of para-hydroxylation sites is 2. The Morgan fingerprint density at radius 3 is 2.84 bits per heavy atom. The predicted octanol–water partition coefficient (Wildman–Crippen LogP) is 2.70. The lowest BCUT2D eigenvalue weighted by molar-refractivity contribution is -0.123. The molecule has 25 heavy (non-hydrogen) atoms. The second-order valence-electron chi connectivity index (χ2n) is 6.38. The van der Waals surface area contributed by atoms with Gasteiger partial charge in [-0.3, -0.25) is 9.59 Å². The molecule has 0 bridgehead atoms. The quantitative estimate of drug-likeness (QED) is 0.656. The number of benzene rings is 1. The average Bonchev–Trinajstić information content (AvgIpc) is 3.05. The molecule has 1 aliphatic carbocycles. The summed E-state index contributed by atoms with van der Waals surface area (Å²) < 4.78 is 0. The van der Waals surface area contributed by atoms with Gasteiger partial charge in [0.2, 0.25) is 5.91 Å². The molecule has 2 aromatic heterocycles. The van der Waals surface area contributed by atoms with E-state index in [4.69, 9.17) is 5.73 Å². The van der Waals surface area contributed by atoms with Crippen molar-refractivity contribution in [1.82, 2.24) is 15.3 Å². The van der Waals surface area contributed by atoms with E-state index in [0.717, 1.165) is 28.2 Å². The molecule has 3 atom stereocenters. The smallest absolute Gasteiger partial charge is 0.258 e. The third-order valence-electron chi connectivity index (χ3n) is 4.54. The predicted molar refractivity (Wildman–Crippen MR) is 96.3 cm³/mol. The Morgan fingerprint density at radius 2 is 2.12 bits per heavy atom. The maximum atomic E-state index is 12.5. The van der Waals surface area contributed by atoms with Crippen molar-refractivity contribution in [3.8, 4) is 0 Å². The number of amides is 2. The standard InChI is InChI=1S/C18H18N4O2S/c1-9(14-6-7-15(25-14)16(19)23)20-18(24)11-8-10(11)17-21-12-4-2-3-5-13(12)22-17/h2-7,9-11H,8H2,1H3,(H2,19,23)(H,20,24)(H,21,22)/t9-,10-,11-/m1/s1. The van der Waals surface area contributed by atoms with Crippen LogP contribution in [0.5, 0.6) is 0 Å². The highest BCUT2D eigenvalue weighted by Crippen LogP contribution is 2.47. The van der Waals surface area contributed by atoms with Gasteiger partial charge in [-0.2, -0.15) is 0 Å². The van der Waals surface area contributed by atoms with Gasteiger partial charge in [0, 0.05) is 16.7 Å². The van der Waals surface area contributed by atoms with Gasteiger partial charge in [0.25, 0.3) is 5.91 Å². The van der Waals surface area contributed by atoms with Gasteiger partial charge in [-0.1, -0.05) is 12.1 Å². The largest absolute Gasteiger partial charge is 0.365 e. The number of imidazole rings is 1. The van der Waals surface area contributed by atoms with Gasteiger partial charge in [0.05, 0.1) is 22.0 Å². The second-order valence-corrected chi connectivity index (χ2v) is 7.50. The number of carbonyl (C=O) groups is 2. The van der Waals surface area contributed by atoms with E-state index in [1.807, 2.05) is 37.3 Å². The molecule has 4 N–H and O–H groups in total. The van der Waals surface area contributed by atoms with Crippen molar-refractivity contribution >= 4 is 34.2 Å². The topological polar surface area (TPSA) is 101 Å². The molecular weight excluding hydrogens is 336 g/mol. The number of hydrogen-bond acceptors (Lipinski definition) is 4. The minimum absolute atomic E-state index is 0.0204. The summed E-state index contributed by atoms with van der Waals surface area (Å²) in [5, 5.41) is 3.02. The Balaban J connectivity index is 1.41. The summed E-state index contributed by atoms with van der Waals surface area (Å²) in [4.78, 5) is 33.0. The number of carbonyl (C=O) groups excluding carboxylic acids is 2. The van der Waals surface area contributed by atoms with E-state index >= 15 is 0 Å². The van der Waals surface area contributed by atoms with E-state index in [1.54, 1.807) is 6.07 Å². The number of primary amides is 1. The van der Waals surface area contributed by atoms with E-state index in [1.165, 1.54) is 11.3 Å². The molecule has 1 aliphatic rings. The summed E-state index contributed by atoms with van der Waals surface area (Å²) in [5.74, 6) is 0.540. The Bertz CT molecular complexity index is 928. The highest BCUT2D eigenvalue weighted by atomic mass is 32.1. The van der Waals surface area contributed by atoms with Crippen molar-refractivity contribution in [2.45, 2.75) is 25.3 Å². The number of aromatic amines is 1. The van der Waals surface area contributed by atoms with Gasteiger partial charge in [0.15, 0.2) is 0 Å². The van der Waals surface area contributed by atoms with E-state index in [-0.39, 0.29) is 23.8 Å². The number of hydrogen-bond donors (Lipinski definition) is 3. The van der Waals surface area contributed by atoms with Crippen LogP contribution >= 0.6 is 11.3 Å². The summed E-state index contributed by atoms with van der Waals surface area (Å²) >= 11 is 1.32. The number of H-pyrrole nitrogens is 1. The normalized spacial score (nSPS) is 20.4. The van der Waals surface area contributed by atoms with Crippen molar-refractivity contribution < 1.29 is 9.59 Å². The van der Waals surface area contributed by atoms with Crippen LogP contribution in [0.4, 0.5) is 0 Å². The summed E-state index contributed by atoms with van der Waals surface area (Å²) in [5.41, 5.74) is 7.20. The van der Waals surface area contributed by atoms with Crippen LogP contribution in [0.3, 0.4) is 0 Å². The van der Waals surface area contributed by atoms with Gasteiger partial charge < -0.3 is 16.0 Å². The van der Waals surface area contributed by atoms with Crippen LogP contribution in [-0.4, -0.2) is 21.8 Å². The van der Waals surface area contributed by atoms with Crippen molar-refractivity contribution in [3.05, 3.63) is 52.0 Å². The Hall–Kier alpha value is -2.67. The first-order chi connectivity index (χ1) is 12.0. The summed E-state index contributed by atoms with van der Waals surface area (Å²) in [6.45, 7) is 1.91. The molecular formula is C18H18N4O2S. The fraction of sp³-hybridized carbons (Fsp3) is 0.278. The van der Waals surface area contributed by atoms with E-state index < -0.39 is 5.91 Å². The third kappa shape index (κ3) is 3.02. The lowest BCUT2D eigenvalue weighted by Crippen LogP contribution is -2.28. The molecule has 4 rings (SSSR count). The molecule has 0 aliphatic heterocycles. The second kappa shape index (κ2) is 6.00.